The molecule has 1 aromatic carbocycles. The fourth-order valence-corrected chi connectivity index (χ4v) is 6.35. The van der Waals surface area contributed by atoms with Gasteiger partial charge in [0.25, 0.3) is 0 Å². The number of urea groups is 1. The monoisotopic (exact) mass is 652 g/mol. The van der Waals surface area contributed by atoms with E-state index in [1.54, 1.807) is 26.8 Å². The highest BCUT2D eigenvalue weighted by Crippen LogP contribution is 2.45. The zero-order valence-corrected chi connectivity index (χ0v) is 26.6. The topological polar surface area (TPSA) is 163 Å². The van der Waals surface area contributed by atoms with E-state index in [1.807, 2.05) is 35.7 Å². The third-order valence-electron chi connectivity index (χ3n) is 8.22. The standard InChI is InChI=1S/C32H37FN6O6S/c1-5-18-16-32(18,29(42)43)38-26(40)22-15-19(17-39(22)28(41)25(31(2,3)4)37-30(44)34-13-12-33)45-27-24(23-11-8-14-46-23)35-20-9-6-7-10-21(20)36-27/h5-11,14,18-19,22,25H,1,12-13,15-17H2,2-4H3,(H,38,40)(H,42,43)(H2,34,37,44)/t18-,19-,22+,25-,32?/m1/s1. The molecule has 5 atom stereocenters. The first-order valence-corrected chi connectivity index (χ1v) is 15.8. The number of rotatable bonds is 11. The zero-order valence-electron chi connectivity index (χ0n) is 25.8. The van der Waals surface area contributed by atoms with E-state index in [2.05, 4.69) is 22.5 Å². The van der Waals surface area contributed by atoms with Gasteiger partial charge in [0.05, 0.1) is 22.5 Å². The number of fused-ring (bicyclic) bond motifs is 1. The van der Waals surface area contributed by atoms with E-state index >= 15 is 0 Å². The summed E-state index contributed by atoms with van der Waals surface area (Å²) in [6, 6.07) is 8.14. The van der Waals surface area contributed by atoms with Crippen LogP contribution in [0, 0.1) is 11.3 Å². The summed E-state index contributed by atoms with van der Waals surface area (Å²) in [4.78, 5) is 64.4. The van der Waals surface area contributed by atoms with Crippen LogP contribution < -0.4 is 20.7 Å². The third kappa shape index (κ3) is 6.66. The number of thiophene rings is 1. The van der Waals surface area contributed by atoms with Gasteiger partial charge in [-0.3, -0.25) is 9.59 Å². The van der Waals surface area contributed by atoms with E-state index in [0.29, 0.717) is 16.7 Å². The lowest BCUT2D eigenvalue weighted by molar-refractivity contribution is -0.146. The zero-order chi connectivity index (χ0) is 33.2. The Morgan fingerprint density at radius 1 is 1.20 bits per heavy atom. The summed E-state index contributed by atoms with van der Waals surface area (Å²) in [5.41, 5.74) is -0.551. The number of aliphatic carboxylic acids is 1. The Labute approximate surface area is 269 Å². The lowest BCUT2D eigenvalue weighted by atomic mass is 9.85. The summed E-state index contributed by atoms with van der Waals surface area (Å²) in [6.07, 6.45) is 0.952. The molecule has 1 aliphatic carbocycles. The van der Waals surface area contributed by atoms with Gasteiger partial charge in [0, 0.05) is 18.9 Å². The maximum Gasteiger partial charge on any atom is 0.330 e. The van der Waals surface area contributed by atoms with E-state index in [0.717, 1.165) is 4.88 Å². The number of aromatic nitrogens is 2. The van der Waals surface area contributed by atoms with Crippen molar-refractivity contribution in [1.82, 2.24) is 30.8 Å². The quantitative estimate of drug-likeness (QED) is 0.229. The number of hydrogen-bond acceptors (Lipinski definition) is 8. The van der Waals surface area contributed by atoms with Crippen molar-refractivity contribution >= 4 is 46.2 Å². The molecule has 2 fully saturated rings. The molecule has 12 nitrogen and oxygen atoms in total. The second kappa shape index (κ2) is 13.0. The van der Waals surface area contributed by atoms with Crippen LogP contribution in [0.4, 0.5) is 9.18 Å². The Kier molecular flexibility index (Phi) is 9.29. The van der Waals surface area contributed by atoms with Gasteiger partial charge in [0.2, 0.25) is 17.7 Å². The number of ether oxygens (including phenoxy) is 1. The van der Waals surface area contributed by atoms with Gasteiger partial charge < -0.3 is 30.7 Å². The number of hydrogen-bond donors (Lipinski definition) is 4. The number of alkyl halides is 1. The highest BCUT2D eigenvalue weighted by molar-refractivity contribution is 7.13. The van der Waals surface area contributed by atoms with E-state index < -0.39 is 65.5 Å². The summed E-state index contributed by atoms with van der Waals surface area (Å²) in [7, 11) is 0. The number of carboxylic acids is 1. The second-order valence-corrected chi connectivity index (χ2v) is 13.5. The Bertz CT molecular complexity index is 1650. The molecule has 2 aromatic heterocycles. The second-order valence-electron chi connectivity index (χ2n) is 12.5. The van der Waals surface area contributed by atoms with Crippen molar-refractivity contribution in [3.05, 3.63) is 54.4 Å². The number of halogens is 1. The molecule has 1 aliphatic heterocycles. The Morgan fingerprint density at radius 3 is 2.50 bits per heavy atom. The molecular formula is C32H37FN6O6S. The van der Waals surface area contributed by atoms with E-state index in [9.17, 15) is 28.7 Å². The van der Waals surface area contributed by atoms with E-state index in [1.165, 1.54) is 22.3 Å². The van der Waals surface area contributed by atoms with Crippen LogP contribution >= 0.6 is 11.3 Å². The van der Waals surface area contributed by atoms with Crippen LogP contribution in [-0.2, 0) is 14.4 Å². The molecule has 14 heteroatoms. The fraction of sp³-hybridized carbons (Fsp3) is 0.438. The Hall–Kier alpha value is -4.59. The molecule has 1 saturated heterocycles. The molecule has 0 spiro atoms. The molecule has 5 rings (SSSR count). The molecule has 3 aromatic rings. The van der Waals surface area contributed by atoms with Gasteiger partial charge in [-0.25, -0.2) is 23.9 Å². The lowest BCUT2D eigenvalue weighted by Gasteiger charge is -2.35. The van der Waals surface area contributed by atoms with Gasteiger partial charge in [-0.1, -0.05) is 45.0 Å². The van der Waals surface area contributed by atoms with Crippen LogP contribution in [0.1, 0.15) is 33.6 Å². The molecule has 3 heterocycles. The minimum Gasteiger partial charge on any atom is -0.479 e. The van der Waals surface area contributed by atoms with Gasteiger partial charge in [-0.15, -0.1) is 17.9 Å². The average molecular weight is 653 g/mol. The largest absolute Gasteiger partial charge is 0.479 e. The summed E-state index contributed by atoms with van der Waals surface area (Å²) >= 11 is 1.46. The highest BCUT2D eigenvalue weighted by atomic mass is 32.1. The first-order chi connectivity index (χ1) is 21.9. The first-order valence-electron chi connectivity index (χ1n) is 14.9. The van der Waals surface area contributed by atoms with Crippen LogP contribution in [0.3, 0.4) is 0 Å². The summed E-state index contributed by atoms with van der Waals surface area (Å²) in [5.74, 6) is -2.66. The Balaban J connectivity index is 1.47. The molecular weight excluding hydrogens is 615 g/mol. The van der Waals surface area contributed by atoms with Crippen molar-refractivity contribution in [2.45, 2.75) is 57.3 Å². The van der Waals surface area contributed by atoms with Crippen molar-refractivity contribution < 1.29 is 33.4 Å². The molecule has 46 heavy (non-hydrogen) atoms. The predicted molar refractivity (Wildman–Crippen MR) is 170 cm³/mol. The molecule has 0 radical (unpaired) electrons. The van der Waals surface area contributed by atoms with E-state index in [4.69, 9.17) is 14.7 Å². The van der Waals surface area contributed by atoms with Gasteiger partial charge >= 0.3 is 12.0 Å². The van der Waals surface area contributed by atoms with Gasteiger partial charge in [0.15, 0.2) is 0 Å². The lowest BCUT2D eigenvalue weighted by Crippen LogP contribution is -2.60. The molecule has 4 N–H and O–H groups in total. The summed E-state index contributed by atoms with van der Waals surface area (Å²) in [5, 5.41) is 19.5. The summed E-state index contributed by atoms with van der Waals surface area (Å²) < 4.78 is 19.1. The molecule has 1 unspecified atom stereocenters. The van der Waals surface area contributed by atoms with Crippen LogP contribution in [0.15, 0.2) is 54.4 Å². The minimum atomic E-state index is -1.52. The molecule has 244 valence electrons. The first kappa shape index (κ1) is 32.8. The molecule has 0 bridgehead atoms. The number of nitrogens with one attached hydrogen (secondary N) is 3. The number of carbonyl (C=O) groups excluding carboxylic acids is 3. The number of carboxylic acid groups (broad SMARTS) is 1. The smallest absolute Gasteiger partial charge is 0.330 e. The van der Waals surface area contributed by atoms with Crippen LogP contribution in [0.5, 0.6) is 5.88 Å². The van der Waals surface area contributed by atoms with Gasteiger partial charge in [-0.05, 0) is 35.4 Å². The summed E-state index contributed by atoms with van der Waals surface area (Å²) in [6.45, 7) is 7.86. The SMILES string of the molecule is C=C[C@@H]1CC1(NC(=O)[C@@H]1C[C@@H](Oc2nc3ccccc3nc2-c2cccs2)CN1C(=O)[C@@H](NC(=O)NCCF)C(C)(C)C)C(=O)O. The number of amides is 4. The van der Waals surface area contributed by atoms with Crippen LogP contribution in [0.2, 0.25) is 0 Å². The molecule has 4 amide bonds. The maximum atomic E-state index is 14.2. The molecule has 1 saturated carbocycles. The van der Waals surface area contributed by atoms with Crippen LogP contribution in [-0.4, -0.2) is 87.3 Å². The number of likely N-dealkylation sites (tertiary alicyclic amines) is 1. The number of benzene rings is 1. The number of carbonyl (C=O) groups is 4. The maximum absolute atomic E-state index is 14.2. The van der Waals surface area contributed by atoms with Crippen molar-refractivity contribution in [1.29, 1.82) is 0 Å². The average Bonchev–Trinajstić information content (AvgIpc) is 3.32. The van der Waals surface area contributed by atoms with Gasteiger partial charge in [-0.2, -0.15) is 0 Å². The van der Waals surface area contributed by atoms with E-state index in [-0.39, 0.29) is 31.8 Å². The van der Waals surface area contributed by atoms with Crippen molar-refractivity contribution in [2.24, 2.45) is 11.3 Å². The fourth-order valence-electron chi connectivity index (χ4n) is 5.65. The third-order valence-corrected chi connectivity index (χ3v) is 9.09. The normalized spacial score (nSPS) is 23.0. The van der Waals surface area contributed by atoms with Crippen molar-refractivity contribution in [3.63, 3.8) is 0 Å². The minimum absolute atomic E-state index is 0.0231. The number of nitrogens with zero attached hydrogens (tertiary/aromatic N) is 3. The number of para-hydroxylation sites is 2. The van der Waals surface area contributed by atoms with Crippen molar-refractivity contribution in [2.75, 3.05) is 19.8 Å². The van der Waals surface area contributed by atoms with Gasteiger partial charge in [0.1, 0.15) is 36.1 Å². The van der Waals surface area contributed by atoms with Crippen molar-refractivity contribution in [3.8, 4) is 16.5 Å². The van der Waals surface area contributed by atoms with Crippen LogP contribution in [0.25, 0.3) is 21.6 Å². The highest BCUT2D eigenvalue weighted by Gasteiger charge is 2.61. The predicted octanol–water partition coefficient (Wildman–Crippen LogP) is 3.54. The molecule has 2 aliphatic rings. The Morgan fingerprint density at radius 2 is 1.91 bits per heavy atom.